The standard InChI is InChI=1S/C23H24FN3O2/c1-29-20-9-8-18-14-17(6-7-19(18)15-20)16-25-23(28)27-12-10-26(11-13-27)22-5-3-2-4-21(22)24/h2-9,14-15H,10-13,16H2,1H3,(H,25,28). The molecule has 6 heteroatoms. The number of piperazine rings is 1. The monoisotopic (exact) mass is 393 g/mol. The van der Waals surface area contributed by atoms with Gasteiger partial charge in [0, 0.05) is 32.7 Å². The number of amides is 2. The molecule has 0 bridgehead atoms. The Labute approximate surface area is 169 Å². The van der Waals surface area contributed by atoms with E-state index < -0.39 is 0 Å². The Morgan fingerprint density at radius 3 is 2.48 bits per heavy atom. The average Bonchev–Trinajstić information content (AvgIpc) is 2.77. The van der Waals surface area contributed by atoms with Gasteiger partial charge in [-0.15, -0.1) is 0 Å². The predicted octanol–water partition coefficient (Wildman–Crippen LogP) is 4.02. The molecule has 29 heavy (non-hydrogen) atoms. The zero-order valence-corrected chi connectivity index (χ0v) is 16.4. The van der Waals surface area contributed by atoms with Gasteiger partial charge < -0.3 is 19.9 Å². The highest BCUT2D eigenvalue weighted by atomic mass is 19.1. The maximum absolute atomic E-state index is 14.0. The van der Waals surface area contributed by atoms with Crippen LogP contribution in [0.3, 0.4) is 0 Å². The second-order valence-electron chi connectivity index (χ2n) is 7.13. The lowest BCUT2D eigenvalue weighted by Crippen LogP contribution is -2.51. The van der Waals surface area contributed by atoms with Crippen LogP contribution >= 0.6 is 0 Å². The summed E-state index contributed by atoms with van der Waals surface area (Å²) in [4.78, 5) is 16.3. The van der Waals surface area contributed by atoms with Crippen molar-refractivity contribution in [1.82, 2.24) is 10.2 Å². The van der Waals surface area contributed by atoms with Gasteiger partial charge >= 0.3 is 6.03 Å². The number of methoxy groups -OCH3 is 1. The van der Waals surface area contributed by atoms with Gasteiger partial charge in [-0.25, -0.2) is 9.18 Å². The Hall–Kier alpha value is -3.28. The Bertz CT molecular complexity index is 1020. The molecule has 0 aromatic heterocycles. The van der Waals surface area contributed by atoms with Gasteiger partial charge in [0.2, 0.25) is 0 Å². The third-order valence-electron chi connectivity index (χ3n) is 5.32. The Kier molecular flexibility index (Phi) is 5.51. The number of hydrogen-bond donors (Lipinski definition) is 1. The molecule has 1 aliphatic rings. The number of carbonyl (C=O) groups is 1. The van der Waals surface area contributed by atoms with Crippen LogP contribution in [0.4, 0.5) is 14.9 Å². The summed E-state index contributed by atoms with van der Waals surface area (Å²) in [6.45, 7) is 2.84. The van der Waals surface area contributed by atoms with E-state index in [0.29, 0.717) is 38.4 Å². The van der Waals surface area contributed by atoms with Crippen LogP contribution in [-0.2, 0) is 6.54 Å². The summed E-state index contributed by atoms with van der Waals surface area (Å²) in [7, 11) is 1.65. The molecule has 0 atom stereocenters. The lowest BCUT2D eigenvalue weighted by Gasteiger charge is -2.36. The second-order valence-corrected chi connectivity index (χ2v) is 7.13. The summed E-state index contributed by atoms with van der Waals surface area (Å²) in [5, 5.41) is 5.20. The second kappa shape index (κ2) is 8.39. The van der Waals surface area contributed by atoms with Crippen molar-refractivity contribution >= 4 is 22.5 Å². The van der Waals surface area contributed by atoms with Crippen molar-refractivity contribution < 1.29 is 13.9 Å². The van der Waals surface area contributed by atoms with Gasteiger partial charge in [-0.1, -0.05) is 30.3 Å². The third kappa shape index (κ3) is 4.26. The van der Waals surface area contributed by atoms with E-state index in [1.54, 1.807) is 24.1 Å². The molecule has 1 heterocycles. The van der Waals surface area contributed by atoms with E-state index in [1.807, 2.05) is 41.3 Å². The zero-order chi connectivity index (χ0) is 20.2. The number of benzene rings is 3. The molecule has 1 aliphatic heterocycles. The molecular formula is C23H24FN3O2. The zero-order valence-electron chi connectivity index (χ0n) is 16.4. The minimum Gasteiger partial charge on any atom is -0.497 e. The van der Waals surface area contributed by atoms with Crippen LogP contribution in [0, 0.1) is 5.82 Å². The number of nitrogens with zero attached hydrogens (tertiary/aromatic N) is 2. The molecule has 1 N–H and O–H groups in total. The van der Waals surface area contributed by atoms with Gasteiger partial charge in [-0.2, -0.15) is 0 Å². The van der Waals surface area contributed by atoms with Crippen molar-refractivity contribution in [2.75, 3.05) is 38.2 Å². The SMILES string of the molecule is COc1ccc2cc(CNC(=O)N3CCN(c4ccccc4F)CC3)ccc2c1. The summed E-state index contributed by atoms with van der Waals surface area (Å²) in [6, 6.07) is 18.7. The molecule has 0 unspecified atom stereocenters. The number of hydrogen-bond acceptors (Lipinski definition) is 3. The molecule has 150 valence electrons. The minimum atomic E-state index is -0.223. The molecule has 3 aromatic carbocycles. The average molecular weight is 393 g/mol. The minimum absolute atomic E-state index is 0.0898. The molecule has 0 spiro atoms. The fourth-order valence-electron chi connectivity index (χ4n) is 3.66. The number of nitrogens with one attached hydrogen (secondary N) is 1. The van der Waals surface area contributed by atoms with Crippen LogP contribution in [0.5, 0.6) is 5.75 Å². The molecular weight excluding hydrogens is 369 g/mol. The summed E-state index contributed by atoms with van der Waals surface area (Å²) in [5.41, 5.74) is 1.64. The fraction of sp³-hybridized carbons (Fsp3) is 0.261. The highest BCUT2D eigenvalue weighted by molar-refractivity contribution is 5.84. The third-order valence-corrected chi connectivity index (χ3v) is 5.32. The molecule has 2 amide bonds. The number of urea groups is 1. The van der Waals surface area contributed by atoms with Crippen molar-refractivity contribution in [3.8, 4) is 5.75 Å². The first-order valence-corrected chi connectivity index (χ1v) is 9.73. The molecule has 4 rings (SSSR count). The Morgan fingerprint density at radius 2 is 1.72 bits per heavy atom. The molecule has 3 aromatic rings. The van der Waals surface area contributed by atoms with E-state index in [2.05, 4.69) is 11.4 Å². The van der Waals surface area contributed by atoms with E-state index in [0.717, 1.165) is 22.1 Å². The summed E-state index contributed by atoms with van der Waals surface area (Å²) in [5.74, 6) is 0.604. The first kappa shape index (κ1) is 19.1. The van der Waals surface area contributed by atoms with E-state index in [9.17, 15) is 9.18 Å². The predicted molar refractivity (Wildman–Crippen MR) is 113 cm³/mol. The molecule has 1 fully saturated rings. The maximum atomic E-state index is 14.0. The van der Waals surface area contributed by atoms with E-state index >= 15 is 0 Å². The van der Waals surface area contributed by atoms with Crippen LogP contribution < -0.4 is 15.0 Å². The van der Waals surface area contributed by atoms with Crippen LogP contribution in [0.25, 0.3) is 10.8 Å². The van der Waals surface area contributed by atoms with Crippen LogP contribution in [0.2, 0.25) is 0 Å². The van der Waals surface area contributed by atoms with Gasteiger partial charge in [0.1, 0.15) is 11.6 Å². The van der Waals surface area contributed by atoms with Crippen LogP contribution in [0.15, 0.2) is 60.7 Å². The number of carbonyl (C=O) groups excluding carboxylic acids is 1. The number of fused-ring (bicyclic) bond motifs is 1. The number of halogens is 1. The highest BCUT2D eigenvalue weighted by Gasteiger charge is 2.22. The summed E-state index contributed by atoms with van der Waals surface area (Å²) >= 11 is 0. The molecule has 1 saturated heterocycles. The maximum Gasteiger partial charge on any atom is 0.317 e. The first-order chi connectivity index (χ1) is 14.1. The number of para-hydroxylation sites is 1. The number of ether oxygens (including phenoxy) is 1. The lowest BCUT2D eigenvalue weighted by molar-refractivity contribution is 0.194. The highest BCUT2D eigenvalue weighted by Crippen LogP contribution is 2.22. The first-order valence-electron chi connectivity index (χ1n) is 9.73. The van der Waals surface area contributed by atoms with Gasteiger partial charge in [0.15, 0.2) is 0 Å². The molecule has 5 nitrogen and oxygen atoms in total. The molecule has 0 aliphatic carbocycles. The van der Waals surface area contributed by atoms with Crippen molar-refractivity contribution in [2.45, 2.75) is 6.54 Å². The van der Waals surface area contributed by atoms with Crippen molar-refractivity contribution in [2.24, 2.45) is 0 Å². The van der Waals surface area contributed by atoms with E-state index in [1.165, 1.54) is 6.07 Å². The number of rotatable bonds is 4. The molecule has 0 saturated carbocycles. The van der Waals surface area contributed by atoms with Crippen LogP contribution in [-0.4, -0.2) is 44.2 Å². The quantitative estimate of drug-likeness (QED) is 0.728. The smallest absolute Gasteiger partial charge is 0.317 e. The normalized spacial score (nSPS) is 14.1. The molecule has 0 radical (unpaired) electrons. The largest absolute Gasteiger partial charge is 0.497 e. The van der Waals surface area contributed by atoms with Crippen LogP contribution in [0.1, 0.15) is 5.56 Å². The summed E-state index contributed by atoms with van der Waals surface area (Å²) < 4.78 is 19.2. The van der Waals surface area contributed by atoms with E-state index in [4.69, 9.17) is 4.74 Å². The Morgan fingerprint density at radius 1 is 1.00 bits per heavy atom. The van der Waals surface area contributed by atoms with Gasteiger partial charge in [-0.3, -0.25) is 0 Å². The number of anilines is 1. The van der Waals surface area contributed by atoms with Crippen molar-refractivity contribution in [3.63, 3.8) is 0 Å². The van der Waals surface area contributed by atoms with Gasteiger partial charge in [0.25, 0.3) is 0 Å². The fourth-order valence-corrected chi connectivity index (χ4v) is 3.66. The topological polar surface area (TPSA) is 44.8 Å². The van der Waals surface area contributed by atoms with Crippen molar-refractivity contribution in [1.29, 1.82) is 0 Å². The van der Waals surface area contributed by atoms with Gasteiger partial charge in [-0.05, 0) is 46.7 Å². The van der Waals surface area contributed by atoms with Crippen molar-refractivity contribution in [3.05, 3.63) is 72.0 Å². The van der Waals surface area contributed by atoms with E-state index in [-0.39, 0.29) is 11.8 Å². The Balaban J connectivity index is 1.32. The summed E-state index contributed by atoms with van der Waals surface area (Å²) in [6.07, 6.45) is 0. The lowest BCUT2D eigenvalue weighted by atomic mass is 10.1. The van der Waals surface area contributed by atoms with Gasteiger partial charge in [0.05, 0.1) is 12.8 Å².